The second-order valence-corrected chi connectivity index (χ2v) is 4.29. The normalized spacial score (nSPS) is 13.9. The van der Waals surface area contributed by atoms with Crippen LogP contribution in [0, 0.1) is 0 Å². The lowest BCUT2D eigenvalue weighted by Gasteiger charge is -2.11. The molecule has 0 saturated heterocycles. The third-order valence-corrected chi connectivity index (χ3v) is 2.95. The van der Waals surface area contributed by atoms with Gasteiger partial charge in [0.05, 0.1) is 18.8 Å². The smallest absolute Gasteiger partial charge is 0.377 e. The zero-order chi connectivity index (χ0) is 12.4. The van der Waals surface area contributed by atoms with E-state index in [2.05, 4.69) is 15.9 Å². The van der Waals surface area contributed by atoms with Gasteiger partial charge >= 0.3 is 5.97 Å². The fraction of sp³-hybridized carbons (Fsp3) is 0.273. The molecule has 0 radical (unpaired) electrons. The summed E-state index contributed by atoms with van der Waals surface area (Å²) >= 11 is 3.15. The van der Waals surface area contributed by atoms with E-state index in [-0.39, 0.29) is 11.3 Å². The Hall–Kier alpha value is -1.56. The Labute approximate surface area is 105 Å². The monoisotopic (exact) mass is 300 g/mol. The highest BCUT2D eigenvalue weighted by Gasteiger charge is 2.26. The molecule has 0 bridgehead atoms. The minimum absolute atomic E-state index is 0.00287. The molecule has 0 aliphatic carbocycles. The molecule has 1 heterocycles. The topological polar surface area (TPSA) is 72.8 Å². The van der Waals surface area contributed by atoms with Crippen molar-refractivity contribution in [3.8, 4) is 11.5 Å². The SMILES string of the molecule is O=C(O)C(=O)c1c(Br)ccc2c1OCCCO2. The molecule has 5 nitrogen and oxygen atoms in total. The van der Waals surface area contributed by atoms with Gasteiger partial charge in [-0.3, -0.25) is 4.79 Å². The van der Waals surface area contributed by atoms with Gasteiger partial charge in [0.15, 0.2) is 11.5 Å². The van der Waals surface area contributed by atoms with E-state index in [9.17, 15) is 9.59 Å². The molecule has 0 amide bonds. The predicted molar refractivity (Wildman–Crippen MR) is 61.7 cm³/mol. The van der Waals surface area contributed by atoms with Gasteiger partial charge in [-0.1, -0.05) is 0 Å². The summed E-state index contributed by atoms with van der Waals surface area (Å²) in [4.78, 5) is 22.3. The molecule has 90 valence electrons. The number of halogens is 1. The minimum atomic E-state index is -1.52. The van der Waals surface area contributed by atoms with Crippen LogP contribution in [0.2, 0.25) is 0 Å². The standard InChI is InChI=1S/C11H9BrO5/c12-6-2-3-7-10(17-5-1-4-16-7)8(6)9(13)11(14)15/h2-3H,1,4-5H2,(H,14,15). The molecule has 0 spiro atoms. The number of ether oxygens (including phenoxy) is 2. The Morgan fingerprint density at radius 2 is 1.94 bits per heavy atom. The lowest BCUT2D eigenvalue weighted by molar-refractivity contribution is -0.131. The molecule has 1 aromatic rings. The largest absolute Gasteiger partial charge is 0.490 e. The molecule has 0 aromatic heterocycles. The van der Waals surface area contributed by atoms with Crippen LogP contribution in [0.25, 0.3) is 0 Å². The first kappa shape index (κ1) is 11.9. The van der Waals surface area contributed by atoms with Crippen LogP contribution in [0.15, 0.2) is 16.6 Å². The number of carboxylic acids is 1. The average Bonchev–Trinajstić information content (AvgIpc) is 2.53. The molecular weight excluding hydrogens is 292 g/mol. The molecule has 0 atom stereocenters. The maximum atomic E-state index is 11.6. The van der Waals surface area contributed by atoms with Crippen molar-refractivity contribution in [2.75, 3.05) is 13.2 Å². The molecule has 0 unspecified atom stereocenters. The van der Waals surface area contributed by atoms with Crippen LogP contribution in [-0.2, 0) is 4.79 Å². The van der Waals surface area contributed by atoms with Gasteiger partial charge in [-0.2, -0.15) is 0 Å². The number of ketones is 1. The molecule has 2 rings (SSSR count). The van der Waals surface area contributed by atoms with Crippen molar-refractivity contribution in [3.63, 3.8) is 0 Å². The Morgan fingerprint density at radius 1 is 1.24 bits per heavy atom. The zero-order valence-corrected chi connectivity index (χ0v) is 10.3. The first-order valence-corrected chi connectivity index (χ1v) is 5.76. The number of aliphatic carboxylic acids is 1. The zero-order valence-electron chi connectivity index (χ0n) is 8.73. The highest BCUT2D eigenvalue weighted by Crippen LogP contribution is 2.38. The number of hydrogen-bond donors (Lipinski definition) is 1. The van der Waals surface area contributed by atoms with Gasteiger partial charge < -0.3 is 14.6 Å². The van der Waals surface area contributed by atoms with Crippen molar-refractivity contribution in [1.82, 2.24) is 0 Å². The van der Waals surface area contributed by atoms with Gasteiger partial charge in [0.1, 0.15) is 0 Å². The number of fused-ring (bicyclic) bond motifs is 1. The van der Waals surface area contributed by atoms with Gasteiger partial charge in [-0.15, -0.1) is 0 Å². The summed E-state index contributed by atoms with van der Waals surface area (Å²) in [6, 6.07) is 3.22. The first-order chi connectivity index (χ1) is 8.11. The van der Waals surface area contributed by atoms with Gasteiger partial charge in [0.2, 0.25) is 0 Å². The molecule has 0 fully saturated rings. The Morgan fingerprint density at radius 3 is 2.65 bits per heavy atom. The van der Waals surface area contributed by atoms with E-state index in [4.69, 9.17) is 14.6 Å². The summed E-state index contributed by atoms with van der Waals surface area (Å²) in [6.07, 6.45) is 0.688. The summed E-state index contributed by atoms with van der Waals surface area (Å²) in [7, 11) is 0. The third-order valence-electron chi connectivity index (χ3n) is 2.28. The molecule has 0 saturated carbocycles. The summed E-state index contributed by atoms with van der Waals surface area (Å²) in [5, 5.41) is 8.77. The maximum absolute atomic E-state index is 11.6. The van der Waals surface area contributed by atoms with E-state index < -0.39 is 11.8 Å². The van der Waals surface area contributed by atoms with Crippen LogP contribution >= 0.6 is 15.9 Å². The van der Waals surface area contributed by atoms with Crippen molar-refractivity contribution in [3.05, 3.63) is 22.2 Å². The number of Topliss-reactive ketones (excluding diaryl/α,β-unsaturated/α-hetero) is 1. The summed E-state index contributed by atoms with van der Waals surface area (Å²) < 4.78 is 11.2. The number of benzene rings is 1. The van der Waals surface area contributed by atoms with Crippen LogP contribution in [0.5, 0.6) is 11.5 Å². The number of hydrogen-bond acceptors (Lipinski definition) is 4. The van der Waals surface area contributed by atoms with Crippen molar-refractivity contribution >= 4 is 27.7 Å². The van der Waals surface area contributed by atoms with Crippen LogP contribution in [0.1, 0.15) is 16.8 Å². The number of carbonyl (C=O) groups is 2. The van der Waals surface area contributed by atoms with E-state index in [0.717, 1.165) is 0 Å². The quantitative estimate of drug-likeness (QED) is 0.667. The molecule has 1 N–H and O–H groups in total. The molecule has 17 heavy (non-hydrogen) atoms. The molecule has 6 heteroatoms. The fourth-order valence-corrected chi connectivity index (χ4v) is 2.02. The first-order valence-electron chi connectivity index (χ1n) is 4.97. The van der Waals surface area contributed by atoms with Gasteiger partial charge in [0.25, 0.3) is 5.78 Å². The summed E-state index contributed by atoms with van der Waals surface area (Å²) in [5.74, 6) is -1.94. The van der Waals surface area contributed by atoms with Crippen LogP contribution in [-0.4, -0.2) is 30.1 Å². The van der Waals surface area contributed by atoms with E-state index in [1.807, 2.05) is 0 Å². The number of carboxylic acid groups (broad SMARTS) is 1. The van der Waals surface area contributed by atoms with Crippen molar-refractivity contribution < 1.29 is 24.2 Å². The molecule has 1 aromatic carbocycles. The lowest BCUT2D eigenvalue weighted by atomic mass is 10.1. The van der Waals surface area contributed by atoms with E-state index in [1.54, 1.807) is 12.1 Å². The maximum Gasteiger partial charge on any atom is 0.377 e. The summed E-state index contributed by atoms with van der Waals surface area (Å²) in [6.45, 7) is 0.874. The number of rotatable bonds is 2. The van der Waals surface area contributed by atoms with Crippen LogP contribution < -0.4 is 9.47 Å². The van der Waals surface area contributed by atoms with Crippen LogP contribution in [0.4, 0.5) is 0 Å². The van der Waals surface area contributed by atoms with Crippen LogP contribution in [0.3, 0.4) is 0 Å². The second-order valence-electron chi connectivity index (χ2n) is 3.43. The van der Waals surface area contributed by atoms with E-state index in [0.29, 0.717) is 29.9 Å². The second kappa shape index (κ2) is 4.75. The van der Waals surface area contributed by atoms with Crippen molar-refractivity contribution in [1.29, 1.82) is 0 Å². The summed E-state index contributed by atoms with van der Waals surface area (Å²) in [5.41, 5.74) is -0.00287. The minimum Gasteiger partial charge on any atom is -0.490 e. The Bertz CT molecular complexity index is 483. The molecule has 1 aliphatic rings. The van der Waals surface area contributed by atoms with Crippen molar-refractivity contribution in [2.45, 2.75) is 6.42 Å². The fourth-order valence-electron chi connectivity index (χ4n) is 1.53. The highest BCUT2D eigenvalue weighted by molar-refractivity contribution is 9.10. The van der Waals surface area contributed by atoms with Gasteiger partial charge in [-0.25, -0.2) is 4.79 Å². The van der Waals surface area contributed by atoms with Gasteiger partial charge in [0, 0.05) is 10.9 Å². The number of carbonyl (C=O) groups excluding carboxylic acids is 1. The highest BCUT2D eigenvalue weighted by atomic mass is 79.9. The Balaban J connectivity index is 2.56. The molecule has 1 aliphatic heterocycles. The molecular formula is C11H9BrO5. The predicted octanol–water partition coefficient (Wildman–Crippen LogP) is 1.88. The van der Waals surface area contributed by atoms with E-state index in [1.165, 1.54) is 0 Å². The lowest BCUT2D eigenvalue weighted by Crippen LogP contribution is -2.15. The van der Waals surface area contributed by atoms with E-state index >= 15 is 0 Å². The average molecular weight is 301 g/mol. The third kappa shape index (κ3) is 2.26. The van der Waals surface area contributed by atoms with Gasteiger partial charge in [-0.05, 0) is 28.1 Å². The Kier molecular flexibility index (Phi) is 3.33. The van der Waals surface area contributed by atoms with Crippen molar-refractivity contribution in [2.24, 2.45) is 0 Å².